The van der Waals surface area contributed by atoms with E-state index in [9.17, 15) is 0 Å². The van der Waals surface area contributed by atoms with Crippen molar-refractivity contribution >= 4 is 11.1 Å². The normalized spacial score (nSPS) is 9.70. The van der Waals surface area contributed by atoms with E-state index < -0.39 is 0 Å². The summed E-state index contributed by atoms with van der Waals surface area (Å²) in [5.74, 6) is 0.644. The van der Waals surface area contributed by atoms with Crippen LogP contribution in [-0.4, -0.2) is 10.2 Å². The van der Waals surface area contributed by atoms with Crippen molar-refractivity contribution in [3.63, 3.8) is 0 Å². The lowest BCUT2D eigenvalue weighted by Gasteiger charge is -2.18. The second-order valence-corrected chi connectivity index (χ2v) is 8.89. The number of aromatic hydroxyl groups is 2. The summed E-state index contributed by atoms with van der Waals surface area (Å²) in [5, 5.41) is 17.3. The first-order valence-corrected chi connectivity index (χ1v) is 13.2. The molecule has 0 bridgehead atoms. The van der Waals surface area contributed by atoms with Crippen molar-refractivity contribution in [1.82, 2.24) is 0 Å². The van der Waals surface area contributed by atoms with Crippen LogP contribution in [0.2, 0.25) is 0 Å². The lowest BCUT2D eigenvalue weighted by atomic mass is 9.86. The Kier molecular flexibility index (Phi) is 10.5. The van der Waals surface area contributed by atoms with Gasteiger partial charge < -0.3 is 10.2 Å². The van der Waals surface area contributed by atoms with E-state index in [1.807, 2.05) is 12.1 Å². The predicted octanol–water partition coefficient (Wildman–Crippen LogP) is 9.48. The van der Waals surface area contributed by atoms with Crippen molar-refractivity contribution in [2.24, 2.45) is 0 Å². The van der Waals surface area contributed by atoms with Crippen LogP contribution in [-0.2, 0) is 0 Å². The van der Waals surface area contributed by atoms with Crippen molar-refractivity contribution in [2.75, 3.05) is 0 Å². The summed E-state index contributed by atoms with van der Waals surface area (Å²) in [7, 11) is 0. The number of phenols is 2. The van der Waals surface area contributed by atoms with E-state index in [1.54, 1.807) is 48.5 Å². The van der Waals surface area contributed by atoms with Crippen LogP contribution in [0.1, 0.15) is 22.3 Å². The second-order valence-electron chi connectivity index (χ2n) is 8.89. The zero-order valence-corrected chi connectivity index (χ0v) is 22.2. The van der Waals surface area contributed by atoms with Gasteiger partial charge >= 0.3 is 0 Å². The topological polar surface area (TPSA) is 40.5 Å². The SMILES string of the molecule is Oc1ccccc1.Oc1ccccc1.c1ccc(C(=C(c2ccccc2)c2ccccc2)c2ccccc2)cc1. The highest BCUT2D eigenvalue weighted by atomic mass is 16.3. The molecule has 40 heavy (non-hydrogen) atoms. The maximum Gasteiger partial charge on any atom is 0.115 e. The molecule has 0 saturated heterocycles. The predicted molar refractivity (Wildman–Crippen MR) is 167 cm³/mol. The summed E-state index contributed by atoms with van der Waals surface area (Å²) in [6, 6.07) is 60.0. The third kappa shape index (κ3) is 8.34. The molecule has 0 saturated carbocycles. The van der Waals surface area contributed by atoms with Gasteiger partial charge in [-0.2, -0.15) is 0 Å². The minimum Gasteiger partial charge on any atom is -0.508 e. The smallest absolute Gasteiger partial charge is 0.115 e. The fourth-order valence-corrected chi connectivity index (χ4v) is 4.19. The van der Waals surface area contributed by atoms with Gasteiger partial charge in [0.25, 0.3) is 0 Å². The maximum atomic E-state index is 8.63. The summed E-state index contributed by atoms with van der Waals surface area (Å²) >= 11 is 0. The van der Waals surface area contributed by atoms with E-state index in [0.29, 0.717) is 11.5 Å². The Bertz CT molecular complexity index is 1340. The highest BCUT2D eigenvalue weighted by Gasteiger charge is 2.15. The number of hydrogen-bond donors (Lipinski definition) is 2. The zero-order chi connectivity index (χ0) is 27.8. The van der Waals surface area contributed by atoms with Crippen molar-refractivity contribution in [2.45, 2.75) is 0 Å². The Morgan fingerprint density at radius 2 is 0.425 bits per heavy atom. The minimum absolute atomic E-state index is 0.322. The Balaban J connectivity index is 0.000000215. The van der Waals surface area contributed by atoms with Gasteiger partial charge in [-0.3, -0.25) is 0 Å². The van der Waals surface area contributed by atoms with E-state index in [0.717, 1.165) is 0 Å². The van der Waals surface area contributed by atoms with E-state index in [-0.39, 0.29) is 0 Å². The first-order chi connectivity index (χ1) is 19.7. The number of para-hydroxylation sites is 2. The van der Waals surface area contributed by atoms with Gasteiger partial charge in [0.1, 0.15) is 11.5 Å². The Morgan fingerprint density at radius 1 is 0.250 bits per heavy atom. The van der Waals surface area contributed by atoms with Gasteiger partial charge in [-0.1, -0.05) is 158 Å². The van der Waals surface area contributed by atoms with Crippen molar-refractivity contribution < 1.29 is 10.2 Å². The third-order valence-corrected chi connectivity index (χ3v) is 6.01. The van der Waals surface area contributed by atoms with Crippen LogP contribution in [0.25, 0.3) is 11.1 Å². The van der Waals surface area contributed by atoms with Gasteiger partial charge in [0, 0.05) is 0 Å². The third-order valence-electron chi connectivity index (χ3n) is 6.01. The van der Waals surface area contributed by atoms with E-state index in [4.69, 9.17) is 10.2 Å². The Hall–Kier alpha value is -5.34. The fourth-order valence-electron chi connectivity index (χ4n) is 4.19. The number of phenolic OH excluding ortho intramolecular Hbond substituents is 2. The zero-order valence-electron chi connectivity index (χ0n) is 22.2. The monoisotopic (exact) mass is 520 g/mol. The van der Waals surface area contributed by atoms with Gasteiger partial charge in [-0.25, -0.2) is 0 Å². The fraction of sp³-hybridized carbons (Fsp3) is 0. The van der Waals surface area contributed by atoms with Crippen LogP contribution in [0.4, 0.5) is 0 Å². The Morgan fingerprint density at radius 3 is 0.575 bits per heavy atom. The molecule has 196 valence electrons. The van der Waals surface area contributed by atoms with Crippen LogP contribution in [0, 0.1) is 0 Å². The number of benzene rings is 6. The molecule has 6 rings (SSSR count). The highest BCUT2D eigenvalue weighted by molar-refractivity contribution is 6.04. The van der Waals surface area contributed by atoms with Crippen LogP contribution in [0.5, 0.6) is 11.5 Å². The molecule has 2 heteroatoms. The van der Waals surface area contributed by atoms with Gasteiger partial charge in [0.05, 0.1) is 0 Å². The van der Waals surface area contributed by atoms with Gasteiger partial charge in [0.15, 0.2) is 0 Å². The molecule has 6 aromatic rings. The molecule has 0 radical (unpaired) electrons. The molecular formula is C38H32O2. The Labute approximate surface area is 236 Å². The molecule has 0 aromatic heterocycles. The molecular weight excluding hydrogens is 488 g/mol. The van der Waals surface area contributed by atoms with Crippen molar-refractivity contribution in [1.29, 1.82) is 0 Å². The summed E-state index contributed by atoms with van der Waals surface area (Å²) < 4.78 is 0. The number of rotatable bonds is 4. The van der Waals surface area contributed by atoms with Crippen molar-refractivity contribution in [3.8, 4) is 11.5 Å². The molecule has 6 aromatic carbocycles. The van der Waals surface area contributed by atoms with Crippen LogP contribution >= 0.6 is 0 Å². The molecule has 0 aliphatic heterocycles. The molecule has 2 N–H and O–H groups in total. The molecule has 0 spiro atoms. The molecule has 0 aliphatic carbocycles. The summed E-state index contributed by atoms with van der Waals surface area (Å²) in [4.78, 5) is 0. The quantitative estimate of drug-likeness (QED) is 0.227. The van der Waals surface area contributed by atoms with Gasteiger partial charge in [-0.15, -0.1) is 0 Å². The standard InChI is InChI=1S/C26H20.2C6H6O/c1-5-13-21(14-6-1)25(22-15-7-2-8-16-22)26(23-17-9-3-10-18-23)24-19-11-4-12-20-24;2*7-6-4-2-1-3-5-6/h1-20H;2*1-5,7H. The number of hydrogen-bond acceptors (Lipinski definition) is 2. The average molecular weight is 521 g/mol. The summed E-state index contributed by atoms with van der Waals surface area (Å²) in [6.45, 7) is 0. The largest absolute Gasteiger partial charge is 0.508 e. The summed E-state index contributed by atoms with van der Waals surface area (Å²) in [5.41, 5.74) is 7.40. The average Bonchev–Trinajstić information content (AvgIpc) is 3.03. The highest BCUT2D eigenvalue weighted by Crippen LogP contribution is 2.36. The molecule has 0 amide bonds. The lowest BCUT2D eigenvalue weighted by molar-refractivity contribution is 0.475. The molecule has 0 unspecified atom stereocenters. The molecule has 2 nitrogen and oxygen atoms in total. The van der Waals surface area contributed by atoms with Gasteiger partial charge in [0.2, 0.25) is 0 Å². The van der Waals surface area contributed by atoms with Crippen molar-refractivity contribution in [3.05, 3.63) is 204 Å². The lowest BCUT2D eigenvalue weighted by Crippen LogP contribution is -1.97. The molecule has 0 atom stereocenters. The van der Waals surface area contributed by atoms with E-state index in [2.05, 4.69) is 121 Å². The van der Waals surface area contributed by atoms with Gasteiger partial charge in [-0.05, 0) is 57.7 Å². The second kappa shape index (κ2) is 15.2. The van der Waals surface area contributed by atoms with E-state index >= 15 is 0 Å². The van der Waals surface area contributed by atoms with E-state index in [1.165, 1.54) is 33.4 Å². The molecule has 0 fully saturated rings. The summed E-state index contributed by atoms with van der Waals surface area (Å²) in [6.07, 6.45) is 0. The molecule has 0 aliphatic rings. The molecule has 0 heterocycles. The van der Waals surface area contributed by atoms with Crippen LogP contribution in [0.15, 0.2) is 182 Å². The van der Waals surface area contributed by atoms with Crippen LogP contribution < -0.4 is 0 Å². The first-order valence-electron chi connectivity index (χ1n) is 13.2. The maximum absolute atomic E-state index is 8.63. The first kappa shape index (κ1) is 27.7. The van der Waals surface area contributed by atoms with Crippen LogP contribution in [0.3, 0.4) is 0 Å². The minimum atomic E-state index is 0.322.